The highest BCUT2D eigenvalue weighted by Gasteiger charge is 2.50. The number of carbonyl (C=O) groups is 1. The predicted octanol–water partition coefficient (Wildman–Crippen LogP) is 3.73. The van der Waals surface area contributed by atoms with Crippen LogP contribution >= 0.6 is 11.6 Å². The lowest BCUT2D eigenvalue weighted by Crippen LogP contribution is -2.29. The topological polar surface area (TPSA) is 81.8 Å². The van der Waals surface area contributed by atoms with Crippen LogP contribution in [0.1, 0.15) is 46.7 Å². The molecule has 0 radical (unpaired) electrons. The van der Waals surface area contributed by atoms with E-state index in [9.17, 15) is 4.79 Å². The first-order chi connectivity index (χ1) is 14.0. The van der Waals surface area contributed by atoms with Crippen molar-refractivity contribution in [1.29, 1.82) is 0 Å². The van der Waals surface area contributed by atoms with Crippen molar-refractivity contribution in [2.75, 3.05) is 0 Å². The van der Waals surface area contributed by atoms with Gasteiger partial charge in [0.15, 0.2) is 0 Å². The van der Waals surface area contributed by atoms with Gasteiger partial charge in [-0.05, 0) is 55.4 Å². The fourth-order valence-electron chi connectivity index (χ4n) is 3.72. The molecule has 4 rings (SSSR count). The fraction of sp³-hybridized carbons (Fsp3) is 0.304. The zero-order valence-electron chi connectivity index (χ0n) is 16.4. The molecule has 5 nitrogen and oxygen atoms in total. The van der Waals surface area contributed by atoms with Crippen LogP contribution in [0.25, 0.3) is 0 Å². The highest BCUT2D eigenvalue weighted by molar-refractivity contribution is 6.31. The molecule has 2 N–H and O–H groups in total. The molecule has 29 heavy (non-hydrogen) atoms. The summed E-state index contributed by atoms with van der Waals surface area (Å²) in [4.78, 5) is 25.4. The van der Waals surface area contributed by atoms with Crippen LogP contribution in [0.5, 0.6) is 0 Å². The van der Waals surface area contributed by atoms with Gasteiger partial charge in [-0.3, -0.25) is 9.78 Å². The largest absolute Gasteiger partial charge is 0.369 e. The minimum absolute atomic E-state index is 0.237. The smallest absolute Gasteiger partial charge is 0.228 e. The van der Waals surface area contributed by atoms with E-state index in [4.69, 9.17) is 17.3 Å². The number of halogens is 1. The molecular weight excluding hydrogens is 384 g/mol. The van der Waals surface area contributed by atoms with E-state index in [0.717, 1.165) is 53.2 Å². The van der Waals surface area contributed by atoms with Crippen LogP contribution < -0.4 is 5.73 Å². The molecule has 1 aliphatic carbocycles. The summed E-state index contributed by atoms with van der Waals surface area (Å²) < 4.78 is 0. The molecule has 3 aromatic rings. The Balaban J connectivity index is 1.52. The van der Waals surface area contributed by atoms with Gasteiger partial charge in [-0.25, -0.2) is 9.97 Å². The lowest BCUT2D eigenvalue weighted by molar-refractivity contribution is -0.120. The van der Waals surface area contributed by atoms with Crippen LogP contribution in [0.2, 0.25) is 5.02 Å². The maximum absolute atomic E-state index is 12.0. The summed E-state index contributed by atoms with van der Waals surface area (Å²) in [5, 5.41) is 0.560. The fourth-order valence-corrected chi connectivity index (χ4v) is 3.91. The van der Waals surface area contributed by atoms with Gasteiger partial charge in [0.25, 0.3) is 0 Å². The normalized spacial score (nSPS) is 14.6. The van der Waals surface area contributed by atoms with Gasteiger partial charge in [0.2, 0.25) is 5.91 Å². The quantitative estimate of drug-likeness (QED) is 0.648. The molecule has 6 heteroatoms. The number of rotatable bonds is 7. The SMILES string of the molecule is Cc1ccc(Cc2ncc(Cl)c(CCc3ccccc3C3(C(N)=O)CC3)n2)cn1. The number of nitrogens with two attached hydrogens (primary N) is 1. The van der Waals surface area contributed by atoms with Crippen LogP contribution in [0.15, 0.2) is 48.8 Å². The molecule has 0 saturated heterocycles. The minimum Gasteiger partial charge on any atom is -0.369 e. The number of aromatic nitrogens is 3. The molecule has 0 atom stereocenters. The Hall–Kier alpha value is -2.79. The Kier molecular flexibility index (Phi) is 5.33. The molecule has 1 saturated carbocycles. The first-order valence-electron chi connectivity index (χ1n) is 9.78. The van der Waals surface area contributed by atoms with Gasteiger partial charge in [0.1, 0.15) is 5.82 Å². The lowest BCUT2D eigenvalue weighted by Gasteiger charge is -2.16. The van der Waals surface area contributed by atoms with Gasteiger partial charge >= 0.3 is 0 Å². The minimum atomic E-state index is -0.490. The molecule has 148 valence electrons. The van der Waals surface area contributed by atoms with E-state index < -0.39 is 5.41 Å². The number of hydrogen-bond donors (Lipinski definition) is 1. The zero-order chi connectivity index (χ0) is 20.4. The van der Waals surface area contributed by atoms with Gasteiger partial charge in [-0.15, -0.1) is 0 Å². The van der Waals surface area contributed by atoms with E-state index in [2.05, 4.69) is 21.0 Å². The molecule has 0 unspecified atom stereocenters. The highest BCUT2D eigenvalue weighted by Crippen LogP contribution is 2.49. The van der Waals surface area contributed by atoms with Gasteiger partial charge in [-0.1, -0.05) is 41.9 Å². The molecule has 1 amide bonds. The van der Waals surface area contributed by atoms with Crippen molar-refractivity contribution in [1.82, 2.24) is 15.0 Å². The van der Waals surface area contributed by atoms with Gasteiger partial charge in [-0.2, -0.15) is 0 Å². The lowest BCUT2D eigenvalue weighted by atomic mass is 9.88. The first kappa shape index (κ1) is 19.5. The van der Waals surface area contributed by atoms with E-state index in [1.54, 1.807) is 6.20 Å². The molecule has 1 fully saturated rings. The molecule has 2 heterocycles. The molecule has 0 aliphatic heterocycles. The highest BCUT2D eigenvalue weighted by atomic mass is 35.5. The predicted molar refractivity (Wildman–Crippen MR) is 113 cm³/mol. The summed E-state index contributed by atoms with van der Waals surface area (Å²) in [5.41, 5.74) is 10.2. The third-order valence-corrected chi connectivity index (χ3v) is 5.90. The maximum Gasteiger partial charge on any atom is 0.228 e. The monoisotopic (exact) mass is 406 g/mol. The number of aryl methyl sites for hydroxylation is 3. The van der Waals surface area contributed by atoms with Crippen LogP contribution in [-0.4, -0.2) is 20.9 Å². The summed E-state index contributed by atoms with van der Waals surface area (Å²) in [7, 11) is 0. The van der Waals surface area contributed by atoms with E-state index in [1.807, 2.05) is 43.5 Å². The average Bonchev–Trinajstić information content (AvgIpc) is 3.52. The van der Waals surface area contributed by atoms with Gasteiger partial charge in [0, 0.05) is 24.5 Å². The Bertz CT molecular complexity index is 1040. The Labute approximate surface area is 175 Å². The summed E-state index contributed by atoms with van der Waals surface area (Å²) in [6.07, 6.45) is 7.18. The number of amides is 1. The van der Waals surface area contributed by atoms with Gasteiger partial charge < -0.3 is 5.73 Å². The summed E-state index contributed by atoms with van der Waals surface area (Å²) >= 11 is 6.37. The molecule has 1 aromatic carbocycles. The second kappa shape index (κ2) is 7.91. The van der Waals surface area contributed by atoms with Crippen molar-refractivity contribution in [3.63, 3.8) is 0 Å². The van der Waals surface area contributed by atoms with E-state index >= 15 is 0 Å². The van der Waals surface area contributed by atoms with Crippen molar-refractivity contribution >= 4 is 17.5 Å². The third-order valence-electron chi connectivity index (χ3n) is 5.59. The Morgan fingerprint density at radius 1 is 1.10 bits per heavy atom. The zero-order valence-corrected chi connectivity index (χ0v) is 17.1. The van der Waals surface area contributed by atoms with Crippen molar-refractivity contribution in [2.24, 2.45) is 5.73 Å². The molecule has 0 bridgehead atoms. The first-order valence-corrected chi connectivity index (χ1v) is 10.2. The number of pyridine rings is 1. The van der Waals surface area contributed by atoms with Crippen molar-refractivity contribution in [3.05, 3.63) is 87.7 Å². The van der Waals surface area contributed by atoms with Crippen LogP contribution in [0.4, 0.5) is 0 Å². The van der Waals surface area contributed by atoms with Gasteiger partial charge in [0.05, 0.1) is 16.1 Å². The molecular formula is C23H23ClN4O. The molecule has 1 aliphatic rings. The number of primary amides is 1. The number of carbonyl (C=O) groups excluding carboxylic acids is 1. The summed E-state index contributed by atoms with van der Waals surface area (Å²) in [5.74, 6) is 0.484. The Morgan fingerprint density at radius 3 is 2.59 bits per heavy atom. The molecule has 0 spiro atoms. The standard InChI is InChI=1S/C23H23ClN4O/c1-15-6-7-16(13-26-15)12-21-27-14-19(24)20(28-21)9-8-17-4-2-3-5-18(17)23(10-11-23)22(25)29/h2-7,13-14H,8-12H2,1H3,(H2,25,29). The number of benzene rings is 1. The Morgan fingerprint density at radius 2 is 1.90 bits per heavy atom. The summed E-state index contributed by atoms with van der Waals surface area (Å²) in [6, 6.07) is 12.1. The summed E-state index contributed by atoms with van der Waals surface area (Å²) in [6.45, 7) is 1.96. The maximum atomic E-state index is 12.0. The number of nitrogens with zero attached hydrogens (tertiary/aromatic N) is 3. The molecule has 2 aromatic heterocycles. The van der Waals surface area contributed by atoms with E-state index in [-0.39, 0.29) is 5.91 Å². The third kappa shape index (κ3) is 4.15. The average molecular weight is 407 g/mol. The van der Waals surface area contributed by atoms with E-state index in [1.165, 1.54) is 0 Å². The van der Waals surface area contributed by atoms with Crippen LogP contribution in [0, 0.1) is 6.92 Å². The number of hydrogen-bond acceptors (Lipinski definition) is 4. The van der Waals surface area contributed by atoms with Crippen molar-refractivity contribution in [3.8, 4) is 0 Å². The second-order valence-corrected chi connectivity index (χ2v) is 8.08. The second-order valence-electron chi connectivity index (χ2n) is 7.67. The van der Waals surface area contributed by atoms with Crippen molar-refractivity contribution < 1.29 is 4.79 Å². The van der Waals surface area contributed by atoms with Crippen LogP contribution in [0.3, 0.4) is 0 Å². The van der Waals surface area contributed by atoms with Crippen molar-refractivity contribution in [2.45, 2.75) is 44.4 Å². The van der Waals surface area contributed by atoms with E-state index in [0.29, 0.717) is 17.9 Å². The van der Waals surface area contributed by atoms with Crippen LogP contribution in [-0.2, 0) is 29.5 Å².